The predicted molar refractivity (Wildman–Crippen MR) is 220 cm³/mol. The number of benzene rings is 5. The third-order valence-electron chi connectivity index (χ3n) is 11.4. The molecule has 2 aliphatic heterocycles. The van der Waals surface area contributed by atoms with Crippen molar-refractivity contribution in [2.24, 2.45) is 0 Å². The van der Waals surface area contributed by atoms with Crippen LogP contribution < -0.4 is 0 Å². The molecule has 0 spiro atoms. The van der Waals surface area contributed by atoms with Crippen LogP contribution in [0.3, 0.4) is 0 Å². The topological polar surface area (TPSA) is 13.8 Å². The standard InChI is InChI=1S/C46H48BrN3/c1-43(2,3)25-13-15-34-30(17-25)32-19-27(45(7,8)9)21-36-40(32)48(34)38-23-29(47)24-39-42(38)50(36)37-22-28(46(10,11)12)20-33-31-18-26(44(4,5)6)14-16-35(31)49(39)41(33)37/h13-24H,1-12H3. The average molecular weight is 723 g/mol. The van der Waals surface area contributed by atoms with Gasteiger partial charge in [-0.05, 0) is 105 Å². The summed E-state index contributed by atoms with van der Waals surface area (Å²) in [5.41, 5.74) is 16.7. The second kappa shape index (κ2) is 9.64. The number of fused-ring (bicyclic) bond motifs is 10. The van der Waals surface area contributed by atoms with E-state index in [4.69, 9.17) is 0 Å². The third kappa shape index (κ3) is 4.27. The van der Waals surface area contributed by atoms with Crippen molar-refractivity contribution in [3.05, 3.63) is 99.5 Å². The summed E-state index contributed by atoms with van der Waals surface area (Å²) in [5, 5.41) is 5.29. The molecular weight excluding hydrogens is 674 g/mol. The zero-order chi connectivity index (χ0) is 35.6. The van der Waals surface area contributed by atoms with Crippen molar-refractivity contribution in [3.8, 4) is 5.69 Å². The number of nitrogens with zero attached hydrogens (tertiary/aromatic N) is 3. The number of aromatic nitrogens is 3. The Morgan fingerprint density at radius 1 is 0.380 bits per heavy atom. The van der Waals surface area contributed by atoms with Crippen LogP contribution in [0.25, 0.3) is 71.4 Å². The van der Waals surface area contributed by atoms with E-state index in [-0.39, 0.29) is 21.7 Å². The van der Waals surface area contributed by atoms with E-state index in [2.05, 4.69) is 185 Å². The molecule has 0 saturated heterocycles. The van der Waals surface area contributed by atoms with Gasteiger partial charge >= 0.3 is 0 Å². The van der Waals surface area contributed by atoms with E-state index in [0.29, 0.717) is 0 Å². The summed E-state index contributed by atoms with van der Waals surface area (Å²) in [6.07, 6.45) is 0. The molecule has 0 aliphatic carbocycles. The Labute approximate surface area is 303 Å². The van der Waals surface area contributed by atoms with Crippen LogP contribution >= 0.6 is 15.9 Å². The fourth-order valence-corrected chi connectivity index (χ4v) is 8.84. The molecule has 2 aromatic heterocycles. The average Bonchev–Trinajstić information content (AvgIpc) is 3.52. The van der Waals surface area contributed by atoms with Gasteiger partial charge in [-0.15, -0.1) is 0 Å². The van der Waals surface area contributed by atoms with Crippen molar-refractivity contribution in [2.75, 3.05) is 0 Å². The molecule has 4 heteroatoms. The van der Waals surface area contributed by atoms with Crippen LogP contribution in [0.1, 0.15) is 105 Å². The highest BCUT2D eigenvalue weighted by Crippen LogP contribution is 2.48. The number of halogens is 1. The van der Waals surface area contributed by atoms with E-state index in [0.717, 1.165) is 4.47 Å². The van der Waals surface area contributed by atoms with Crippen LogP contribution in [-0.4, -0.2) is 13.4 Å². The van der Waals surface area contributed by atoms with E-state index in [9.17, 15) is 0 Å². The van der Waals surface area contributed by atoms with Crippen molar-refractivity contribution in [3.63, 3.8) is 0 Å². The molecule has 5 aromatic carbocycles. The quantitative estimate of drug-likeness (QED) is 0.109. The molecular formula is C46H48BrN3. The molecule has 0 N–H and O–H groups in total. The molecule has 0 saturated carbocycles. The molecule has 2 aliphatic rings. The smallest absolute Gasteiger partial charge is 0.0948 e. The zero-order valence-corrected chi connectivity index (χ0v) is 33.2. The Morgan fingerprint density at radius 2 is 0.740 bits per heavy atom. The van der Waals surface area contributed by atoms with Crippen molar-refractivity contribution < 1.29 is 0 Å². The molecule has 0 unspecified atom stereocenters. The third-order valence-corrected chi connectivity index (χ3v) is 11.8. The summed E-state index contributed by atoms with van der Waals surface area (Å²) in [5.74, 6) is 0. The van der Waals surface area contributed by atoms with Crippen LogP contribution in [0.15, 0.2) is 77.3 Å². The molecule has 0 atom stereocenters. The van der Waals surface area contributed by atoms with E-state index in [1.165, 1.54) is 93.6 Å². The Kier molecular flexibility index (Phi) is 6.16. The molecule has 0 radical (unpaired) electrons. The highest BCUT2D eigenvalue weighted by atomic mass is 79.9. The number of hydrogen-bond donors (Lipinski definition) is 0. The Hall–Kier alpha value is -4.02. The van der Waals surface area contributed by atoms with Crippen LogP contribution in [0.5, 0.6) is 0 Å². The minimum Gasteiger partial charge on any atom is -0.305 e. The van der Waals surface area contributed by atoms with Gasteiger partial charge in [0, 0.05) is 26.0 Å². The summed E-state index contributed by atoms with van der Waals surface area (Å²) >= 11 is 4.01. The minimum atomic E-state index is -0.0276. The highest BCUT2D eigenvalue weighted by Gasteiger charge is 2.30. The van der Waals surface area contributed by atoms with Crippen molar-refractivity contribution in [1.29, 1.82) is 0 Å². The molecule has 0 fully saturated rings. The SMILES string of the molecule is CC(C)(C)c1ccc2c(c1)c1cc(C(C)(C)C)cc3c1n2c1cc(Br)cc2c1-n3c1cc(C(C)(C)C)cc3c4cc(C(C)(C)C)ccc4n2c31. The lowest BCUT2D eigenvalue weighted by atomic mass is 9.84. The largest absolute Gasteiger partial charge is 0.305 e. The predicted octanol–water partition coefficient (Wildman–Crippen LogP) is 13.6. The Bertz CT molecular complexity index is 2650. The fourth-order valence-electron chi connectivity index (χ4n) is 8.41. The summed E-state index contributed by atoms with van der Waals surface area (Å²) in [6, 6.07) is 28.9. The molecule has 254 valence electrons. The van der Waals surface area contributed by atoms with Gasteiger partial charge in [0.25, 0.3) is 0 Å². The van der Waals surface area contributed by atoms with Gasteiger partial charge in [0.05, 0.1) is 49.8 Å². The number of rotatable bonds is 0. The Balaban J connectivity index is 1.64. The maximum atomic E-state index is 4.01. The lowest BCUT2D eigenvalue weighted by Gasteiger charge is -2.27. The van der Waals surface area contributed by atoms with Crippen LogP contribution in [0.4, 0.5) is 0 Å². The fraction of sp³-hybridized carbons (Fsp3) is 0.348. The molecule has 4 heterocycles. The second-order valence-corrected chi connectivity index (χ2v) is 20.0. The lowest BCUT2D eigenvalue weighted by molar-refractivity contribution is 0.590. The first-order chi connectivity index (χ1) is 23.2. The maximum Gasteiger partial charge on any atom is 0.0948 e. The lowest BCUT2D eigenvalue weighted by Crippen LogP contribution is -2.15. The van der Waals surface area contributed by atoms with Gasteiger partial charge in [-0.25, -0.2) is 0 Å². The van der Waals surface area contributed by atoms with Crippen molar-refractivity contribution >= 4 is 81.6 Å². The summed E-state index contributed by atoms with van der Waals surface area (Å²) in [7, 11) is 0. The summed E-state index contributed by atoms with van der Waals surface area (Å²) in [6.45, 7) is 28.0. The molecule has 7 aromatic rings. The summed E-state index contributed by atoms with van der Waals surface area (Å²) in [4.78, 5) is 0. The molecule has 9 rings (SSSR count). The van der Waals surface area contributed by atoms with Crippen molar-refractivity contribution in [2.45, 2.75) is 105 Å². The van der Waals surface area contributed by atoms with Gasteiger partial charge in [0.15, 0.2) is 0 Å². The zero-order valence-electron chi connectivity index (χ0n) is 31.6. The van der Waals surface area contributed by atoms with E-state index < -0.39 is 0 Å². The monoisotopic (exact) mass is 721 g/mol. The van der Waals surface area contributed by atoms with Gasteiger partial charge in [-0.2, -0.15) is 0 Å². The van der Waals surface area contributed by atoms with Crippen molar-refractivity contribution in [1.82, 2.24) is 13.4 Å². The van der Waals surface area contributed by atoms with E-state index >= 15 is 0 Å². The van der Waals surface area contributed by atoms with Crippen LogP contribution in [0.2, 0.25) is 0 Å². The second-order valence-electron chi connectivity index (χ2n) is 19.0. The minimum absolute atomic E-state index is 0.0276. The normalized spacial score (nSPS) is 14.1. The van der Waals surface area contributed by atoms with Gasteiger partial charge < -0.3 is 13.4 Å². The first-order valence-corrected chi connectivity index (χ1v) is 18.9. The number of hydrogen-bond acceptors (Lipinski definition) is 0. The molecule has 3 nitrogen and oxygen atoms in total. The van der Waals surface area contributed by atoms with Gasteiger partial charge in [-0.1, -0.05) is 111 Å². The first kappa shape index (κ1) is 31.9. The summed E-state index contributed by atoms with van der Waals surface area (Å²) < 4.78 is 8.81. The Morgan fingerprint density at radius 3 is 1.10 bits per heavy atom. The van der Waals surface area contributed by atoms with E-state index in [1.54, 1.807) is 0 Å². The first-order valence-electron chi connectivity index (χ1n) is 18.1. The van der Waals surface area contributed by atoms with Gasteiger partial charge in [0.1, 0.15) is 0 Å². The van der Waals surface area contributed by atoms with Gasteiger partial charge in [-0.3, -0.25) is 0 Å². The van der Waals surface area contributed by atoms with Gasteiger partial charge in [0.2, 0.25) is 0 Å². The molecule has 0 amide bonds. The van der Waals surface area contributed by atoms with Crippen LogP contribution in [0, 0.1) is 0 Å². The molecule has 50 heavy (non-hydrogen) atoms. The van der Waals surface area contributed by atoms with E-state index in [1.807, 2.05) is 0 Å². The van der Waals surface area contributed by atoms with Crippen LogP contribution in [-0.2, 0) is 21.7 Å². The molecule has 0 bridgehead atoms. The maximum absolute atomic E-state index is 4.01. The highest BCUT2D eigenvalue weighted by molar-refractivity contribution is 9.10.